The molecule has 0 aliphatic heterocycles. The molecule has 5 rings (SSSR count). The van der Waals surface area contributed by atoms with Crippen LogP contribution in [0.5, 0.6) is 0 Å². The van der Waals surface area contributed by atoms with Gasteiger partial charge in [-0.2, -0.15) is 0 Å². The average molecular weight is 342 g/mol. The molecule has 0 unspecified atom stereocenters. The molecule has 1 aromatic heterocycles. The predicted molar refractivity (Wildman–Crippen MR) is 94.5 cm³/mol. The van der Waals surface area contributed by atoms with Crippen molar-refractivity contribution < 1.29 is 14.3 Å². The Balaban J connectivity index is 1.38. The summed E-state index contributed by atoms with van der Waals surface area (Å²) in [5.74, 6) is 2.60. The number of ether oxygens (including phenoxy) is 1. The molecule has 4 aliphatic carbocycles. The van der Waals surface area contributed by atoms with Crippen LogP contribution in [-0.4, -0.2) is 37.4 Å². The summed E-state index contributed by atoms with van der Waals surface area (Å²) in [6.07, 6.45) is 8.44. The second-order valence-corrected chi connectivity index (χ2v) is 8.50. The fraction of sp³-hybridized carbons (Fsp3) is 0.650. The lowest BCUT2D eigenvalue weighted by Crippen LogP contribution is -2.51. The first-order valence-electron chi connectivity index (χ1n) is 9.29. The van der Waals surface area contributed by atoms with Crippen LogP contribution in [-0.2, 0) is 9.53 Å². The summed E-state index contributed by atoms with van der Waals surface area (Å²) in [6, 6.07) is 3.47. The van der Waals surface area contributed by atoms with E-state index < -0.39 is 5.97 Å². The number of hydrogen-bond donors (Lipinski definition) is 0. The third-order valence-corrected chi connectivity index (χ3v) is 6.41. The molecule has 0 saturated heterocycles. The van der Waals surface area contributed by atoms with Gasteiger partial charge in [0.05, 0.1) is 5.56 Å². The van der Waals surface area contributed by atoms with Gasteiger partial charge < -0.3 is 9.64 Å². The molecule has 0 atom stereocenters. The second-order valence-electron chi connectivity index (χ2n) is 8.50. The molecule has 1 heterocycles. The standard InChI is InChI=1S/C20H26N2O3/c1-22(2)18-4-3-16(11-21-18)19(24)25-12-17(23)20-8-13-5-14(9-20)7-15(6-13)10-20/h3-4,11,13-15H,5-10,12H2,1-2H3. The first kappa shape index (κ1) is 16.6. The van der Waals surface area contributed by atoms with Gasteiger partial charge in [-0.3, -0.25) is 4.79 Å². The Kier molecular flexibility index (Phi) is 4.05. The van der Waals surface area contributed by atoms with E-state index in [4.69, 9.17) is 4.74 Å². The number of carbonyl (C=O) groups excluding carboxylic acids is 2. The second kappa shape index (κ2) is 6.11. The van der Waals surface area contributed by atoms with Crippen molar-refractivity contribution in [1.82, 2.24) is 4.98 Å². The van der Waals surface area contributed by atoms with E-state index in [9.17, 15) is 9.59 Å². The molecule has 0 amide bonds. The lowest BCUT2D eigenvalue weighted by Gasteiger charge is -2.55. The van der Waals surface area contributed by atoms with Crippen molar-refractivity contribution in [2.24, 2.45) is 23.2 Å². The Bertz CT molecular complexity index is 645. The Morgan fingerprint density at radius 3 is 2.20 bits per heavy atom. The summed E-state index contributed by atoms with van der Waals surface area (Å²) in [5, 5.41) is 0. The minimum Gasteiger partial charge on any atom is -0.454 e. The normalized spacial score (nSPS) is 32.5. The number of rotatable bonds is 5. The van der Waals surface area contributed by atoms with Gasteiger partial charge in [-0.1, -0.05) is 0 Å². The summed E-state index contributed by atoms with van der Waals surface area (Å²) >= 11 is 0. The first-order valence-corrected chi connectivity index (χ1v) is 9.29. The molecule has 0 radical (unpaired) electrons. The van der Waals surface area contributed by atoms with Gasteiger partial charge in [0.1, 0.15) is 5.82 Å². The Hall–Kier alpha value is -1.91. The number of Topliss-reactive ketones (excluding diaryl/α,β-unsaturated/α-hetero) is 1. The number of ketones is 1. The molecule has 5 heteroatoms. The van der Waals surface area contributed by atoms with Crippen LogP contribution >= 0.6 is 0 Å². The maximum absolute atomic E-state index is 12.9. The zero-order chi connectivity index (χ0) is 17.6. The summed E-state index contributed by atoms with van der Waals surface area (Å²) in [7, 11) is 3.79. The summed E-state index contributed by atoms with van der Waals surface area (Å²) in [6.45, 7) is -0.0968. The number of hydrogen-bond acceptors (Lipinski definition) is 5. The van der Waals surface area contributed by atoms with Crippen molar-refractivity contribution in [3.8, 4) is 0 Å². The predicted octanol–water partition coefficient (Wildman–Crippen LogP) is 3.09. The van der Waals surface area contributed by atoms with E-state index in [1.165, 1.54) is 25.5 Å². The van der Waals surface area contributed by atoms with Gasteiger partial charge in [0.2, 0.25) is 0 Å². The van der Waals surface area contributed by atoms with E-state index in [0.717, 1.165) is 25.1 Å². The van der Waals surface area contributed by atoms with Crippen molar-refractivity contribution in [2.45, 2.75) is 38.5 Å². The van der Waals surface area contributed by atoms with Crippen LogP contribution in [0.2, 0.25) is 0 Å². The minimum absolute atomic E-state index is 0.0968. The number of pyridine rings is 1. The van der Waals surface area contributed by atoms with Crippen molar-refractivity contribution in [2.75, 3.05) is 25.6 Å². The maximum atomic E-state index is 12.9. The fourth-order valence-corrected chi connectivity index (χ4v) is 5.59. The average Bonchev–Trinajstić information content (AvgIpc) is 2.58. The van der Waals surface area contributed by atoms with E-state index in [1.807, 2.05) is 19.0 Å². The molecule has 1 aromatic rings. The quantitative estimate of drug-likeness (QED) is 0.770. The molecular weight excluding hydrogens is 316 g/mol. The van der Waals surface area contributed by atoms with E-state index >= 15 is 0 Å². The summed E-state index contributed by atoms with van der Waals surface area (Å²) < 4.78 is 5.34. The SMILES string of the molecule is CN(C)c1ccc(C(=O)OCC(=O)C23CC4CC(CC(C4)C2)C3)cn1. The van der Waals surface area contributed by atoms with Crippen LogP contribution in [0.4, 0.5) is 5.82 Å². The Labute approximate surface area is 148 Å². The lowest BCUT2D eigenvalue weighted by atomic mass is 9.48. The number of nitrogens with zero attached hydrogens (tertiary/aromatic N) is 2. The zero-order valence-electron chi connectivity index (χ0n) is 15.0. The highest BCUT2D eigenvalue weighted by atomic mass is 16.5. The van der Waals surface area contributed by atoms with E-state index in [1.54, 1.807) is 12.1 Å². The molecular formula is C20H26N2O3. The van der Waals surface area contributed by atoms with Gasteiger partial charge in [-0.15, -0.1) is 0 Å². The number of anilines is 1. The maximum Gasteiger partial charge on any atom is 0.340 e. The van der Waals surface area contributed by atoms with Crippen LogP contribution in [0.1, 0.15) is 48.9 Å². The molecule has 0 N–H and O–H groups in total. The lowest BCUT2D eigenvalue weighted by molar-refractivity contribution is -0.147. The Morgan fingerprint density at radius 1 is 1.12 bits per heavy atom. The van der Waals surface area contributed by atoms with Gasteiger partial charge in [0, 0.05) is 25.7 Å². The van der Waals surface area contributed by atoms with Crippen LogP contribution in [0.15, 0.2) is 18.3 Å². The van der Waals surface area contributed by atoms with Gasteiger partial charge in [0.25, 0.3) is 0 Å². The molecule has 4 aliphatic rings. The van der Waals surface area contributed by atoms with Crippen molar-refractivity contribution in [3.05, 3.63) is 23.9 Å². The van der Waals surface area contributed by atoms with Crippen LogP contribution < -0.4 is 4.90 Å². The summed E-state index contributed by atoms with van der Waals surface area (Å²) in [5.41, 5.74) is 0.186. The molecule has 4 saturated carbocycles. The topological polar surface area (TPSA) is 59.5 Å². The van der Waals surface area contributed by atoms with Crippen molar-refractivity contribution in [3.63, 3.8) is 0 Å². The van der Waals surface area contributed by atoms with Crippen molar-refractivity contribution >= 4 is 17.6 Å². The first-order chi connectivity index (χ1) is 11.9. The molecule has 4 fully saturated rings. The number of esters is 1. The van der Waals surface area contributed by atoms with E-state index in [2.05, 4.69) is 4.98 Å². The number of aromatic nitrogens is 1. The van der Waals surface area contributed by atoms with Gasteiger partial charge in [-0.25, -0.2) is 9.78 Å². The molecule has 0 aromatic carbocycles. The summed E-state index contributed by atoms with van der Waals surface area (Å²) in [4.78, 5) is 31.2. The van der Waals surface area contributed by atoms with Gasteiger partial charge in [0.15, 0.2) is 12.4 Å². The van der Waals surface area contributed by atoms with E-state index in [-0.39, 0.29) is 17.8 Å². The van der Waals surface area contributed by atoms with Gasteiger partial charge >= 0.3 is 5.97 Å². The monoisotopic (exact) mass is 342 g/mol. The van der Waals surface area contributed by atoms with Crippen LogP contribution in [0, 0.1) is 23.2 Å². The largest absolute Gasteiger partial charge is 0.454 e. The Morgan fingerprint density at radius 2 is 1.72 bits per heavy atom. The molecule has 5 nitrogen and oxygen atoms in total. The van der Waals surface area contributed by atoms with Crippen LogP contribution in [0.25, 0.3) is 0 Å². The fourth-order valence-electron chi connectivity index (χ4n) is 5.59. The molecule has 4 bridgehead atoms. The smallest absolute Gasteiger partial charge is 0.340 e. The minimum atomic E-state index is -0.462. The van der Waals surface area contributed by atoms with Crippen molar-refractivity contribution in [1.29, 1.82) is 0 Å². The van der Waals surface area contributed by atoms with Crippen LogP contribution in [0.3, 0.4) is 0 Å². The number of carbonyl (C=O) groups is 2. The highest BCUT2D eigenvalue weighted by Gasteiger charge is 2.54. The molecule has 0 spiro atoms. The third-order valence-electron chi connectivity index (χ3n) is 6.41. The molecule has 25 heavy (non-hydrogen) atoms. The zero-order valence-corrected chi connectivity index (χ0v) is 15.0. The molecule has 134 valence electrons. The van der Waals surface area contributed by atoms with Gasteiger partial charge in [-0.05, 0) is 68.4 Å². The third kappa shape index (κ3) is 3.05. The van der Waals surface area contributed by atoms with E-state index in [0.29, 0.717) is 23.3 Å². The highest BCUT2D eigenvalue weighted by molar-refractivity contribution is 5.93. The highest BCUT2D eigenvalue weighted by Crippen LogP contribution is 2.60.